The minimum absolute atomic E-state index is 0.0164. The lowest BCUT2D eigenvalue weighted by Gasteiger charge is -2.28. The Morgan fingerprint density at radius 1 is 1.29 bits per heavy atom. The first-order valence-corrected chi connectivity index (χ1v) is 9.10. The molecule has 2 amide bonds. The first kappa shape index (κ1) is 17.2. The molecule has 132 valence electrons. The van der Waals surface area contributed by atoms with E-state index in [4.69, 9.17) is 0 Å². The Labute approximate surface area is 144 Å². The lowest BCUT2D eigenvalue weighted by Crippen LogP contribution is -2.45. The van der Waals surface area contributed by atoms with Crippen molar-refractivity contribution in [1.29, 1.82) is 0 Å². The van der Waals surface area contributed by atoms with E-state index in [1.54, 1.807) is 11.9 Å². The van der Waals surface area contributed by atoms with Gasteiger partial charge in [-0.25, -0.2) is 4.79 Å². The molecule has 1 saturated carbocycles. The zero-order chi connectivity index (χ0) is 16.9. The molecule has 1 aliphatic carbocycles. The number of aliphatic hydroxyl groups is 1. The van der Waals surface area contributed by atoms with Crippen LogP contribution >= 0.6 is 0 Å². The molecule has 1 aromatic carbocycles. The first-order valence-electron chi connectivity index (χ1n) is 9.10. The van der Waals surface area contributed by atoms with Crippen LogP contribution in [-0.2, 0) is 0 Å². The van der Waals surface area contributed by atoms with Crippen molar-refractivity contribution in [3.63, 3.8) is 0 Å². The molecule has 5 nitrogen and oxygen atoms in total. The molecular weight excluding hydrogens is 302 g/mol. The van der Waals surface area contributed by atoms with Gasteiger partial charge in [-0.1, -0.05) is 30.3 Å². The smallest absolute Gasteiger partial charge is 0.317 e. The van der Waals surface area contributed by atoms with Crippen LogP contribution in [0.25, 0.3) is 0 Å². The molecule has 1 saturated heterocycles. The lowest BCUT2D eigenvalue weighted by molar-refractivity contribution is 0.112. The van der Waals surface area contributed by atoms with Gasteiger partial charge in [-0.3, -0.25) is 0 Å². The highest BCUT2D eigenvalue weighted by atomic mass is 16.3. The topological polar surface area (TPSA) is 55.8 Å². The van der Waals surface area contributed by atoms with E-state index in [2.05, 4.69) is 22.3 Å². The highest BCUT2D eigenvalue weighted by Gasteiger charge is 2.31. The molecule has 0 radical (unpaired) electrons. The molecular formula is C19H29N3O2. The van der Waals surface area contributed by atoms with Gasteiger partial charge < -0.3 is 20.2 Å². The number of benzene rings is 1. The van der Waals surface area contributed by atoms with Crippen LogP contribution < -0.4 is 5.32 Å². The van der Waals surface area contributed by atoms with Crippen LogP contribution in [0, 0.1) is 5.92 Å². The number of nitrogens with zero attached hydrogens (tertiary/aromatic N) is 2. The summed E-state index contributed by atoms with van der Waals surface area (Å²) in [7, 11) is 1.76. The quantitative estimate of drug-likeness (QED) is 0.806. The molecule has 2 aliphatic rings. The fourth-order valence-electron chi connectivity index (χ4n) is 3.40. The van der Waals surface area contributed by atoms with Gasteiger partial charge in [0.15, 0.2) is 0 Å². The molecule has 0 bridgehead atoms. The molecule has 1 aliphatic heterocycles. The third kappa shape index (κ3) is 4.71. The van der Waals surface area contributed by atoms with E-state index < -0.39 is 6.10 Å². The molecule has 0 aromatic heterocycles. The van der Waals surface area contributed by atoms with Crippen LogP contribution in [0.3, 0.4) is 0 Å². The number of rotatable bonds is 7. The van der Waals surface area contributed by atoms with E-state index in [0.29, 0.717) is 12.5 Å². The number of likely N-dealkylation sites (tertiary alicyclic amines) is 1. The predicted octanol–water partition coefficient (Wildman–Crippen LogP) is 2.24. The van der Waals surface area contributed by atoms with Gasteiger partial charge in [-0.2, -0.15) is 0 Å². The second kappa shape index (κ2) is 7.99. The minimum atomic E-state index is -0.394. The van der Waals surface area contributed by atoms with Crippen LogP contribution in [0.1, 0.15) is 37.3 Å². The number of nitrogens with one attached hydrogen (secondary N) is 1. The second-order valence-corrected chi connectivity index (χ2v) is 7.21. The Morgan fingerprint density at radius 3 is 2.58 bits per heavy atom. The van der Waals surface area contributed by atoms with Crippen molar-refractivity contribution in [2.24, 2.45) is 5.92 Å². The monoisotopic (exact) mass is 331 g/mol. The Bertz CT molecular complexity index is 527. The molecule has 1 heterocycles. The van der Waals surface area contributed by atoms with Gasteiger partial charge in [0, 0.05) is 20.1 Å². The maximum atomic E-state index is 12.6. The number of hydrogen-bond donors (Lipinski definition) is 2. The van der Waals surface area contributed by atoms with Crippen molar-refractivity contribution < 1.29 is 9.90 Å². The summed E-state index contributed by atoms with van der Waals surface area (Å²) in [6.45, 7) is 3.46. The van der Waals surface area contributed by atoms with Gasteiger partial charge in [-0.15, -0.1) is 0 Å². The van der Waals surface area contributed by atoms with Crippen LogP contribution in [0.15, 0.2) is 30.3 Å². The summed E-state index contributed by atoms with van der Waals surface area (Å²) in [4.78, 5) is 16.6. The summed E-state index contributed by atoms with van der Waals surface area (Å²) in [6.07, 6.45) is 4.25. The highest BCUT2D eigenvalue weighted by Crippen LogP contribution is 2.32. The summed E-state index contributed by atoms with van der Waals surface area (Å²) in [5.41, 5.74) is 1.13. The van der Waals surface area contributed by atoms with E-state index in [9.17, 15) is 9.90 Å². The highest BCUT2D eigenvalue weighted by molar-refractivity contribution is 5.74. The summed E-state index contributed by atoms with van der Waals surface area (Å²) in [5.74, 6) is 0.384. The summed E-state index contributed by atoms with van der Waals surface area (Å²) < 4.78 is 0. The molecule has 5 heteroatoms. The number of likely N-dealkylation sites (N-methyl/N-ethyl adjacent to an activating group) is 1. The molecule has 2 atom stereocenters. The molecule has 2 N–H and O–H groups in total. The van der Waals surface area contributed by atoms with Crippen molar-refractivity contribution in [2.75, 3.05) is 33.2 Å². The molecule has 3 rings (SSSR count). The number of urea groups is 1. The number of hydrogen-bond acceptors (Lipinski definition) is 3. The summed E-state index contributed by atoms with van der Waals surface area (Å²) >= 11 is 0. The van der Waals surface area contributed by atoms with Crippen LogP contribution in [0.4, 0.5) is 4.79 Å². The molecule has 24 heavy (non-hydrogen) atoms. The van der Waals surface area contributed by atoms with Gasteiger partial charge in [0.25, 0.3) is 0 Å². The van der Waals surface area contributed by atoms with E-state index in [1.165, 1.54) is 12.8 Å². The fourth-order valence-corrected chi connectivity index (χ4v) is 3.40. The van der Waals surface area contributed by atoms with E-state index in [-0.39, 0.29) is 12.1 Å². The predicted molar refractivity (Wildman–Crippen MR) is 94.7 cm³/mol. The van der Waals surface area contributed by atoms with Crippen molar-refractivity contribution >= 4 is 6.03 Å². The van der Waals surface area contributed by atoms with Crippen molar-refractivity contribution in [3.05, 3.63) is 35.9 Å². The zero-order valence-corrected chi connectivity index (χ0v) is 14.5. The number of carbonyl (C=O) groups excluding carboxylic acids is 1. The molecule has 2 unspecified atom stereocenters. The SMILES string of the molecule is CN(CC(O)C1CC1)C(=O)NC(CN1CCCC1)c1ccccc1. The van der Waals surface area contributed by atoms with E-state index in [1.807, 2.05) is 18.2 Å². The second-order valence-electron chi connectivity index (χ2n) is 7.21. The van der Waals surface area contributed by atoms with E-state index >= 15 is 0 Å². The summed E-state index contributed by atoms with van der Waals surface area (Å²) in [5, 5.41) is 13.2. The number of amides is 2. The maximum Gasteiger partial charge on any atom is 0.317 e. The largest absolute Gasteiger partial charge is 0.391 e. The van der Waals surface area contributed by atoms with Crippen molar-refractivity contribution in [1.82, 2.24) is 15.1 Å². The Morgan fingerprint density at radius 2 is 1.96 bits per heavy atom. The zero-order valence-electron chi connectivity index (χ0n) is 14.5. The summed E-state index contributed by atoms with van der Waals surface area (Å²) in [6, 6.07) is 10.0. The minimum Gasteiger partial charge on any atom is -0.391 e. The van der Waals surface area contributed by atoms with Crippen LogP contribution in [0.5, 0.6) is 0 Å². The third-order valence-corrected chi connectivity index (χ3v) is 5.11. The van der Waals surface area contributed by atoms with Gasteiger partial charge in [0.2, 0.25) is 0 Å². The first-order chi connectivity index (χ1) is 11.6. The maximum absolute atomic E-state index is 12.6. The van der Waals surface area contributed by atoms with Gasteiger partial charge >= 0.3 is 6.03 Å². The van der Waals surface area contributed by atoms with Gasteiger partial charge in [0.05, 0.1) is 12.1 Å². The molecule has 0 spiro atoms. The van der Waals surface area contributed by atoms with E-state index in [0.717, 1.165) is 38.0 Å². The number of carbonyl (C=O) groups is 1. The average Bonchev–Trinajstić information content (AvgIpc) is 3.33. The molecule has 1 aromatic rings. The van der Waals surface area contributed by atoms with Crippen molar-refractivity contribution in [2.45, 2.75) is 37.8 Å². The Kier molecular flexibility index (Phi) is 5.74. The third-order valence-electron chi connectivity index (χ3n) is 5.11. The van der Waals surface area contributed by atoms with Gasteiger partial charge in [-0.05, 0) is 50.3 Å². The van der Waals surface area contributed by atoms with Crippen LogP contribution in [0.2, 0.25) is 0 Å². The van der Waals surface area contributed by atoms with Crippen molar-refractivity contribution in [3.8, 4) is 0 Å². The average molecular weight is 331 g/mol. The lowest BCUT2D eigenvalue weighted by atomic mass is 10.1. The molecule has 2 fully saturated rings. The Hall–Kier alpha value is -1.59. The standard InChI is InChI=1S/C19H29N3O2/c1-21(14-18(23)16-9-10-16)19(24)20-17(13-22-11-5-6-12-22)15-7-3-2-4-8-15/h2-4,7-8,16-18,23H,5-6,9-14H2,1H3,(H,20,24). The Balaban J connectivity index is 1.60. The van der Waals surface area contributed by atoms with Crippen LogP contribution in [-0.4, -0.2) is 60.3 Å². The fraction of sp³-hybridized carbons (Fsp3) is 0.632. The van der Waals surface area contributed by atoms with Gasteiger partial charge in [0.1, 0.15) is 0 Å². The normalized spacial score (nSPS) is 20.6. The number of aliphatic hydroxyl groups excluding tert-OH is 1.